The van der Waals surface area contributed by atoms with Gasteiger partial charge in [-0.3, -0.25) is 9.59 Å². The molecule has 0 radical (unpaired) electrons. The monoisotopic (exact) mass is 554 g/mol. The lowest BCUT2D eigenvalue weighted by Crippen LogP contribution is -2.51. The van der Waals surface area contributed by atoms with Crippen LogP contribution in [0.15, 0.2) is 72.8 Å². The van der Waals surface area contributed by atoms with Crippen LogP contribution in [-0.2, 0) is 22.6 Å². The highest BCUT2D eigenvalue weighted by Crippen LogP contribution is 2.27. The minimum atomic E-state index is -0.728. The number of halogens is 2. The van der Waals surface area contributed by atoms with Crippen LogP contribution < -0.4 is 10.1 Å². The highest BCUT2D eigenvalue weighted by atomic mass is 35.5. The number of amides is 2. The summed E-state index contributed by atoms with van der Waals surface area (Å²) >= 11 is 13.0. The zero-order valence-electron chi connectivity index (χ0n) is 22.3. The van der Waals surface area contributed by atoms with Crippen molar-refractivity contribution >= 4 is 35.0 Å². The van der Waals surface area contributed by atoms with Crippen LogP contribution in [0.4, 0.5) is 0 Å². The molecule has 5 nitrogen and oxygen atoms in total. The number of nitrogens with zero attached hydrogens (tertiary/aromatic N) is 1. The van der Waals surface area contributed by atoms with Gasteiger partial charge in [-0.05, 0) is 49.1 Å². The Morgan fingerprint density at radius 3 is 2.21 bits per heavy atom. The molecule has 3 aromatic carbocycles. The Hall–Kier alpha value is -3.02. The molecule has 0 aliphatic rings. The molecule has 1 atom stereocenters. The van der Waals surface area contributed by atoms with E-state index in [0.717, 1.165) is 16.9 Å². The number of hydrogen-bond donors (Lipinski definition) is 1. The first-order valence-electron chi connectivity index (χ1n) is 13.0. The summed E-state index contributed by atoms with van der Waals surface area (Å²) in [6, 6.07) is 22.0. The number of rotatable bonds is 13. The molecule has 0 bridgehead atoms. The van der Waals surface area contributed by atoms with Crippen LogP contribution in [0.3, 0.4) is 0 Å². The van der Waals surface area contributed by atoms with Gasteiger partial charge in [-0.15, -0.1) is 0 Å². The molecule has 0 saturated heterocycles. The molecule has 0 aliphatic carbocycles. The van der Waals surface area contributed by atoms with Crippen LogP contribution >= 0.6 is 23.2 Å². The SMILES string of the molecule is Cc1ccc(OCCCC(=O)N(Cc2c(Cl)cccc2Cl)C(Cc2ccccc2)C(=O)NCC(C)C)cc1. The van der Waals surface area contributed by atoms with Crippen LogP contribution in [-0.4, -0.2) is 35.9 Å². The fraction of sp³-hybridized carbons (Fsp3) is 0.355. The number of ether oxygens (including phenoxy) is 1. The normalized spacial score (nSPS) is 11.7. The van der Waals surface area contributed by atoms with Gasteiger partial charge in [0.1, 0.15) is 11.8 Å². The summed E-state index contributed by atoms with van der Waals surface area (Å²) < 4.78 is 5.82. The average Bonchev–Trinajstić information content (AvgIpc) is 2.90. The molecule has 7 heteroatoms. The van der Waals surface area contributed by atoms with Crippen molar-refractivity contribution in [2.75, 3.05) is 13.2 Å². The molecule has 1 unspecified atom stereocenters. The molecule has 3 rings (SSSR count). The fourth-order valence-corrected chi connectivity index (χ4v) is 4.54. The summed E-state index contributed by atoms with van der Waals surface area (Å²) in [5.74, 6) is 0.680. The van der Waals surface area contributed by atoms with E-state index >= 15 is 0 Å². The molecule has 2 amide bonds. The predicted octanol–water partition coefficient (Wildman–Crippen LogP) is 6.87. The van der Waals surface area contributed by atoms with Crippen LogP contribution in [0.25, 0.3) is 0 Å². The number of carbonyl (C=O) groups excluding carboxylic acids is 2. The molecule has 0 saturated carbocycles. The highest BCUT2D eigenvalue weighted by Gasteiger charge is 2.31. The summed E-state index contributed by atoms with van der Waals surface area (Å²) in [7, 11) is 0. The van der Waals surface area contributed by atoms with E-state index in [0.29, 0.717) is 41.6 Å². The third kappa shape index (κ3) is 9.07. The van der Waals surface area contributed by atoms with E-state index in [1.807, 2.05) is 75.4 Å². The quantitative estimate of drug-likeness (QED) is 0.234. The number of hydrogen-bond acceptors (Lipinski definition) is 3. The van der Waals surface area contributed by atoms with E-state index in [1.54, 1.807) is 23.1 Å². The number of benzene rings is 3. The Morgan fingerprint density at radius 1 is 0.921 bits per heavy atom. The van der Waals surface area contributed by atoms with Gasteiger partial charge in [0.25, 0.3) is 0 Å². The maximum atomic E-state index is 13.7. The standard InChI is InChI=1S/C31H36Cl2N2O3/c1-22(2)20-34-31(37)29(19-24-9-5-4-6-10-24)35(21-26-27(32)11-7-12-28(26)33)30(36)13-8-18-38-25-16-14-23(3)15-17-25/h4-7,9-12,14-17,22,29H,8,13,18-21H2,1-3H3,(H,34,37). The Balaban J connectivity index is 1.83. The second-order valence-electron chi connectivity index (χ2n) is 9.83. The summed E-state index contributed by atoms with van der Waals surface area (Å²) in [6.45, 7) is 7.12. The van der Waals surface area contributed by atoms with Crippen molar-refractivity contribution in [3.8, 4) is 5.75 Å². The summed E-state index contributed by atoms with van der Waals surface area (Å²) in [4.78, 5) is 28.8. The van der Waals surface area contributed by atoms with Crippen molar-refractivity contribution in [3.05, 3.63) is 99.5 Å². The highest BCUT2D eigenvalue weighted by molar-refractivity contribution is 6.36. The van der Waals surface area contributed by atoms with Crippen molar-refractivity contribution in [2.24, 2.45) is 5.92 Å². The molecule has 0 fully saturated rings. The molecule has 3 aromatic rings. The Labute approximate surface area is 236 Å². The second kappa shape index (κ2) is 14.8. The van der Waals surface area contributed by atoms with Gasteiger partial charge in [0.05, 0.1) is 6.61 Å². The number of aryl methyl sites for hydroxylation is 1. The maximum Gasteiger partial charge on any atom is 0.243 e. The van der Waals surface area contributed by atoms with Gasteiger partial charge in [0.15, 0.2) is 0 Å². The van der Waals surface area contributed by atoms with Crippen LogP contribution in [0.2, 0.25) is 10.0 Å². The zero-order chi connectivity index (χ0) is 27.5. The van der Waals surface area contributed by atoms with Gasteiger partial charge in [0.2, 0.25) is 11.8 Å². The van der Waals surface area contributed by atoms with Crippen LogP contribution in [0.5, 0.6) is 5.75 Å². The molecule has 38 heavy (non-hydrogen) atoms. The van der Waals surface area contributed by atoms with Crippen molar-refractivity contribution in [1.29, 1.82) is 0 Å². The van der Waals surface area contributed by atoms with E-state index in [9.17, 15) is 9.59 Å². The lowest BCUT2D eigenvalue weighted by atomic mass is 10.0. The first-order chi connectivity index (χ1) is 18.2. The number of carbonyl (C=O) groups is 2. The zero-order valence-corrected chi connectivity index (χ0v) is 23.8. The van der Waals surface area contributed by atoms with E-state index in [-0.39, 0.29) is 30.7 Å². The molecular formula is C31H36Cl2N2O3. The molecule has 1 N–H and O–H groups in total. The number of nitrogens with one attached hydrogen (secondary N) is 1. The van der Waals surface area contributed by atoms with E-state index in [2.05, 4.69) is 5.32 Å². The van der Waals surface area contributed by atoms with Crippen molar-refractivity contribution in [3.63, 3.8) is 0 Å². The molecule has 0 heterocycles. The second-order valence-corrected chi connectivity index (χ2v) is 10.6. The maximum absolute atomic E-state index is 13.7. The lowest BCUT2D eigenvalue weighted by molar-refractivity contribution is -0.141. The molecule has 202 valence electrons. The Kier molecular flexibility index (Phi) is 11.5. The third-order valence-corrected chi connectivity index (χ3v) is 6.88. The minimum Gasteiger partial charge on any atom is -0.494 e. The van der Waals surface area contributed by atoms with E-state index in [4.69, 9.17) is 27.9 Å². The van der Waals surface area contributed by atoms with E-state index < -0.39 is 6.04 Å². The molecular weight excluding hydrogens is 519 g/mol. The van der Waals surface area contributed by atoms with Gasteiger partial charge < -0.3 is 15.0 Å². The fourth-order valence-electron chi connectivity index (χ4n) is 4.02. The average molecular weight is 556 g/mol. The van der Waals surface area contributed by atoms with Crippen molar-refractivity contribution in [2.45, 2.75) is 52.6 Å². The van der Waals surface area contributed by atoms with Gasteiger partial charge >= 0.3 is 0 Å². The van der Waals surface area contributed by atoms with Crippen molar-refractivity contribution < 1.29 is 14.3 Å². The van der Waals surface area contributed by atoms with Crippen LogP contribution in [0.1, 0.15) is 43.4 Å². The van der Waals surface area contributed by atoms with Gasteiger partial charge in [-0.2, -0.15) is 0 Å². The topological polar surface area (TPSA) is 58.6 Å². The van der Waals surface area contributed by atoms with Crippen molar-refractivity contribution in [1.82, 2.24) is 10.2 Å². The minimum absolute atomic E-state index is 0.128. The largest absolute Gasteiger partial charge is 0.494 e. The third-order valence-electron chi connectivity index (χ3n) is 6.17. The van der Waals surface area contributed by atoms with Gasteiger partial charge in [-0.1, -0.05) is 91.1 Å². The molecule has 0 aliphatic heterocycles. The first-order valence-corrected chi connectivity index (χ1v) is 13.7. The summed E-state index contributed by atoms with van der Waals surface area (Å²) in [6.07, 6.45) is 1.10. The lowest BCUT2D eigenvalue weighted by Gasteiger charge is -2.32. The first kappa shape index (κ1) is 29.5. The predicted molar refractivity (Wildman–Crippen MR) is 155 cm³/mol. The van der Waals surface area contributed by atoms with Gasteiger partial charge in [-0.25, -0.2) is 0 Å². The molecule has 0 spiro atoms. The summed E-state index contributed by atoms with van der Waals surface area (Å²) in [5.41, 5.74) is 2.74. The smallest absolute Gasteiger partial charge is 0.243 e. The summed E-state index contributed by atoms with van der Waals surface area (Å²) in [5, 5.41) is 3.94. The van der Waals surface area contributed by atoms with Gasteiger partial charge in [0, 0.05) is 41.5 Å². The Bertz CT molecular complexity index is 1160. The molecule has 0 aromatic heterocycles. The van der Waals surface area contributed by atoms with Crippen LogP contribution in [0, 0.1) is 12.8 Å². The Morgan fingerprint density at radius 2 is 1.58 bits per heavy atom. The van der Waals surface area contributed by atoms with E-state index in [1.165, 1.54) is 0 Å².